The van der Waals surface area contributed by atoms with Crippen molar-refractivity contribution < 1.29 is 9.18 Å². The van der Waals surface area contributed by atoms with E-state index in [2.05, 4.69) is 15.3 Å². The fourth-order valence-electron chi connectivity index (χ4n) is 2.71. The number of hydrogen-bond donors (Lipinski definition) is 1. The second-order valence-corrected chi connectivity index (χ2v) is 8.00. The number of rotatable bonds is 6. The Hall–Kier alpha value is -3.03. The van der Waals surface area contributed by atoms with E-state index >= 15 is 0 Å². The second-order valence-electron chi connectivity index (χ2n) is 6.14. The third kappa shape index (κ3) is 4.88. The Morgan fingerprint density at radius 1 is 1.03 bits per heavy atom. The van der Waals surface area contributed by atoms with Crippen LogP contribution in [0.1, 0.15) is 15.9 Å². The van der Waals surface area contributed by atoms with Crippen molar-refractivity contribution in [2.75, 3.05) is 5.32 Å². The van der Waals surface area contributed by atoms with Crippen LogP contribution in [0.2, 0.25) is 0 Å². The van der Waals surface area contributed by atoms with Crippen molar-refractivity contribution in [1.29, 1.82) is 0 Å². The summed E-state index contributed by atoms with van der Waals surface area (Å²) in [5, 5.41) is 6.39. The zero-order valence-electron chi connectivity index (χ0n) is 15.2. The third-order valence-corrected chi connectivity index (χ3v) is 6.00. The van der Waals surface area contributed by atoms with Gasteiger partial charge < -0.3 is 5.32 Å². The highest BCUT2D eigenvalue weighted by Gasteiger charge is 2.14. The van der Waals surface area contributed by atoms with Crippen LogP contribution in [0, 0.1) is 5.82 Å². The lowest BCUT2D eigenvalue weighted by Crippen LogP contribution is -2.13. The van der Waals surface area contributed by atoms with Gasteiger partial charge in [-0.25, -0.2) is 14.4 Å². The SMILES string of the molecule is O=C(Nc1cccc(-c2nccs2)c1)c1cccnc1SCc1ccc(F)cc1. The number of thiazole rings is 1. The number of amides is 1. The predicted octanol–water partition coefficient (Wildman–Crippen LogP) is 5.89. The van der Waals surface area contributed by atoms with Gasteiger partial charge in [-0.1, -0.05) is 24.3 Å². The summed E-state index contributed by atoms with van der Waals surface area (Å²) in [7, 11) is 0. The zero-order chi connectivity index (χ0) is 20.1. The maximum absolute atomic E-state index is 13.1. The minimum atomic E-state index is -0.267. The maximum Gasteiger partial charge on any atom is 0.258 e. The molecular formula is C22H16FN3OS2. The van der Waals surface area contributed by atoms with Gasteiger partial charge in [0, 0.05) is 34.8 Å². The summed E-state index contributed by atoms with van der Waals surface area (Å²) in [5.41, 5.74) is 3.11. The number of carbonyl (C=O) groups excluding carboxylic acids is 1. The second kappa shape index (κ2) is 8.98. The van der Waals surface area contributed by atoms with Crippen LogP contribution in [-0.2, 0) is 5.75 Å². The molecule has 0 aliphatic carbocycles. The Morgan fingerprint density at radius 3 is 2.69 bits per heavy atom. The average Bonchev–Trinajstić information content (AvgIpc) is 3.29. The predicted molar refractivity (Wildman–Crippen MR) is 116 cm³/mol. The normalized spacial score (nSPS) is 10.7. The molecule has 0 aliphatic rings. The van der Waals surface area contributed by atoms with Crippen LogP contribution in [0.3, 0.4) is 0 Å². The first-order chi connectivity index (χ1) is 14.2. The number of thioether (sulfide) groups is 1. The van der Waals surface area contributed by atoms with Gasteiger partial charge >= 0.3 is 0 Å². The lowest BCUT2D eigenvalue weighted by Gasteiger charge is -2.10. The maximum atomic E-state index is 13.1. The van der Waals surface area contributed by atoms with E-state index < -0.39 is 0 Å². The number of nitrogens with one attached hydrogen (secondary N) is 1. The van der Waals surface area contributed by atoms with Crippen LogP contribution in [0.25, 0.3) is 10.6 Å². The summed E-state index contributed by atoms with van der Waals surface area (Å²) in [6.45, 7) is 0. The number of anilines is 1. The first kappa shape index (κ1) is 19.3. The van der Waals surface area contributed by atoms with E-state index in [9.17, 15) is 9.18 Å². The molecule has 7 heteroatoms. The van der Waals surface area contributed by atoms with Crippen molar-refractivity contribution in [3.05, 3.63) is 95.4 Å². The van der Waals surface area contributed by atoms with Crippen molar-refractivity contribution >= 4 is 34.7 Å². The molecule has 4 rings (SSSR count). The molecule has 0 saturated carbocycles. The Labute approximate surface area is 175 Å². The average molecular weight is 422 g/mol. The van der Waals surface area contributed by atoms with Crippen molar-refractivity contribution in [2.45, 2.75) is 10.8 Å². The molecule has 0 bridgehead atoms. The Morgan fingerprint density at radius 2 is 1.90 bits per heavy atom. The molecule has 4 nitrogen and oxygen atoms in total. The van der Waals surface area contributed by atoms with Gasteiger partial charge in [0.15, 0.2) is 0 Å². The molecule has 0 aliphatic heterocycles. The molecule has 0 fully saturated rings. The number of aromatic nitrogens is 2. The van der Waals surface area contributed by atoms with Crippen LogP contribution in [0.4, 0.5) is 10.1 Å². The molecule has 2 aromatic carbocycles. The van der Waals surface area contributed by atoms with Gasteiger partial charge in [0.2, 0.25) is 0 Å². The smallest absolute Gasteiger partial charge is 0.258 e. The van der Waals surface area contributed by atoms with E-state index in [0.29, 0.717) is 22.0 Å². The van der Waals surface area contributed by atoms with Gasteiger partial charge in [-0.05, 0) is 42.0 Å². The van der Waals surface area contributed by atoms with Gasteiger partial charge in [0.1, 0.15) is 15.9 Å². The Bertz CT molecular complexity index is 1120. The van der Waals surface area contributed by atoms with E-state index in [1.54, 1.807) is 48.0 Å². The van der Waals surface area contributed by atoms with E-state index in [4.69, 9.17) is 0 Å². The summed E-state index contributed by atoms with van der Waals surface area (Å²) in [6, 6.07) is 17.4. The topological polar surface area (TPSA) is 54.9 Å². The van der Waals surface area contributed by atoms with Crippen molar-refractivity contribution in [2.24, 2.45) is 0 Å². The van der Waals surface area contributed by atoms with Crippen LogP contribution in [0.5, 0.6) is 0 Å². The van der Waals surface area contributed by atoms with E-state index in [1.165, 1.54) is 23.9 Å². The fourth-order valence-corrected chi connectivity index (χ4v) is 4.29. The number of hydrogen-bond acceptors (Lipinski definition) is 5. The molecule has 0 atom stereocenters. The van der Waals surface area contributed by atoms with Crippen LogP contribution >= 0.6 is 23.1 Å². The highest BCUT2D eigenvalue weighted by Crippen LogP contribution is 2.27. The minimum Gasteiger partial charge on any atom is -0.322 e. The van der Waals surface area contributed by atoms with Crippen molar-refractivity contribution in [3.63, 3.8) is 0 Å². The molecule has 4 aromatic rings. The molecule has 0 unspecified atom stereocenters. The van der Waals surface area contributed by atoms with Crippen LogP contribution < -0.4 is 5.32 Å². The molecule has 0 radical (unpaired) electrons. The first-order valence-electron chi connectivity index (χ1n) is 8.82. The molecule has 0 saturated heterocycles. The number of carbonyl (C=O) groups is 1. The molecular weight excluding hydrogens is 405 g/mol. The van der Waals surface area contributed by atoms with E-state index in [-0.39, 0.29) is 11.7 Å². The minimum absolute atomic E-state index is 0.226. The number of benzene rings is 2. The van der Waals surface area contributed by atoms with Gasteiger partial charge in [0.25, 0.3) is 5.91 Å². The molecule has 2 aromatic heterocycles. The van der Waals surface area contributed by atoms with E-state index in [1.807, 2.05) is 29.6 Å². The molecule has 29 heavy (non-hydrogen) atoms. The largest absolute Gasteiger partial charge is 0.322 e. The molecule has 2 heterocycles. The van der Waals surface area contributed by atoms with Crippen molar-refractivity contribution in [1.82, 2.24) is 9.97 Å². The number of halogens is 1. The standard InChI is InChI=1S/C22H16FN3OS2/c23-17-8-6-15(7-9-17)14-29-22-19(5-2-10-24-22)20(27)26-18-4-1-3-16(13-18)21-25-11-12-28-21/h1-13H,14H2,(H,26,27). The van der Waals surface area contributed by atoms with E-state index in [0.717, 1.165) is 16.1 Å². The van der Waals surface area contributed by atoms with Gasteiger partial charge in [-0.2, -0.15) is 0 Å². The lowest BCUT2D eigenvalue weighted by molar-refractivity contribution is 0.102. The quantitative estimate of drug-likeness (QED) is 0.395. The summed E-state index contributed by atoms with van der Waals surface area (Å²) in [5.74, 6) is 0.101. The van der Waals surface area contributed by atoms with Crippen LogP contribution in [-0.4, -0.2) is 15.9 Å². The lowest BCUT2D eigenvalue weighted by atomic mass is 10.2. The molecule has 1 N–H and O–H groups in total. The van der Waals surface area contributed by atoms with Crippen LogP contribution in [0.15, 0.2) is 83.5 Å². The Balaban J connectivity index is 1.49. The molecule has 144 valence electrons. The monoisotopic (exact) mass is 421 g/mol. The van der Waals surface area contributed by atoms with Gasteiger partial charge in [-0.15, -0.1) is 23.1 Å². The van der Waals surface area contributed by atoms with Gasteiger partial charge in [0.05, 0.1) is 5.56 Å². The van der Waals surface area contributed by atoms with Gasteiger partial charge in [-0.3, -0.25) is 4.79 Å². The summed E-state index contributed by atoms with van der Waals surface area (Å²) in [4.78, 5) is 21.5. The fraction of sp³-hybridized carbons (Fsp3) is 0.0455. The zero-order valence-corrected chi connectivity index (χ0v) is 16.8. The number of pyridine rings is 1. The molecule has 0 spiro atoms. The highest BCUT2D eigenvalue weighted by atomic mass is 32.2. The summed E-state index contributed by atoms with van der Waals surface area (Å²) in [6.07, 6.45) is 3.42. The Kier molecular flexibility index (Phi) is 5.97. The third-order valence-electron chi connectivity index (χ3n) is 4.10. The first-order valence-corrected chi connectivity index (χ1v) is 10.7. The summed E-state index contributed by atoms with van der Waals surface area (Å²) < 4.78 is 13.1. The van der Waals surface area contributed by atoms with Crippen molar-refractivity contribution in [3.8, 4) is 10.6 Å². The number of nitrogens with zero attached hydrogens (tertiary/aromatic N) is 2. The molecule has 1 amide bonds. The highest BCUT2D eigenvalue weighted by molar-refractivity contribution is 7.98. The summed E-state index contributed by atoms with van der Waals surface area (Å²) >= 11 is 2.99.